The van der Waals surface area contributed by atoms with Crippen LogP contribution in [0.2, 0.25) is 0 Å². The average molecular weight is 596 g/mol. The van der Waals surface area contributed by atoms with Gasteiger partial charge >= 0.3 is 0 Å². The third-order valence-electron chi connectivity index (χ3n) is 6.98. The maximum atomic E-state index is 14.1. The number of sulfonamides is 1. The molecule has 226 valence electrons. The largest absolute Gasteiger partial charge is 0.497 e. The molecule has 3 aromatic rings. The Morgan fingerprint density at radius 3 is 2.19 bits per heavy atom. The monoisotopic (exact) mass is 595 g/mol. The van der Waals surface area contributed by atoms with Crippen LogP contribution in [0.1, 0.15) is 45.2 Å². The van der Waals surface area contributed by atoms with Crippen molar-refractivity contribution in [2.24, 2.45) is 0 Å². The molecule has 3 aromatic carbocycles. The summed E-state index contributed by atoms with van der Waals surface area (Å²) < 4.78 is 39.9. The van der Waals surface area contributed by atoms with Gasteiger partial charge in [0.1, 0.15) is 24.1 Å². The first-order chi connectivity index (χ1) is 20.0. The van der Waals surface area contributed by atoms with Gasteiger partial charge in [-0.25, -0.2) is 8.42 Å². The fourth-order valence-electron chi connectivity index (χ4n) is 4.26. The van der Waals surface area contributed by atoms with Gasteiger partial charge in [0.25, 0.3) is 10.0 Å². The summed E-state index contributed by atoms with van der Waals surface area (Å²) in [5.41, 5.74) is 2.02. The van der Waals surface area contributed by atoms with Crippen molar-refractivity contribution in [3.8, 4) is 11.5 Å². The molecule has 0 heterocycles. The van der Waals surface area contributed by atoms with E-state index in [9.17, 15) is 18.0 Å². The van der Waals surface area contributed by atoms with Gasteiger partial charge in [0, 0.05) is 12.6 Å². The highest BCUT2D eigenvalue weighted by Crippen LogP contribution is 2.26. The highest BCUT2D eigenvalue weighted by Gasteiger charge is 2.33. The van der Waals surface area contributed by atoms with Crippen molar-refractivity contribution in [2.45, 2.75) is 64.6 Å². The number of nitrogens with one attached hydrogen (secondary N) is 1. The Hall–Kier alpha value is -4.05. The van der Waals surface area contributed by atoms with Gasteiger partial charge < -0.3 is 19.7 Å². The van der Waals surface area contributed by atoms with Crippen molar-refractivity contribution in [3.63, 3.8) is 0 Å². The third kappa shape index (κ3) is 8.25. The van der Waals surface area contributed by atoms with Gasteiger partial charge in [0.2, 0.25) is 11.8 Å². The molecule has 0 aromatic heterocycles. The first kappa shape index (κ1) is 32.5. The normalized spacial score (nSPS) is 12.6. The van der Waals surface area contributed by atoms with Crippen LogP contribution in [0.15, 0.2) is 77.7 Å². The summed E-state index contributed by atoms with van der Waals surface area (Å²) in [6.07, 6.45) is 0.726. The summed E-state index contributed by atoms with van der Waals surface area (Å²) in [5, 5.41) is 2.93. The number of anilines is 1. The second-order valence-corrected chi connectivity index (χ2v) is 12.0. The number of carbonyl (C=O) groups is 2. The van der Waals surface area contributed by atoms with E-state index in [0.29, 0.717) is 23.8 Å². The number of aryl methyl sites for hydroxylation is 1. The quantitative estimate of drug-likeness (QED) is 0.283. The van der Waals surface area contributed by atoms with E-state index < -0.39 is 28.5 Å². The molecule has 0 fully saturated rings. The van der Waals surface area contributed by atoms with Crippen molar-refractivity contribution in [1.82, 2.24) is 10.2 Å². The number of nitrogens with zero attached hydrogens (tertiary/aromatic N) is 2. The van der Waals surface area contributed by atoms with Gasteiger partial charge in [0.15, 0.2) is 0 Å². The van der Waals surface area contributed by atoms with Crippen LogP contribution in [0, 0.1) is 6.92 Å². The van der Waals surface area contributed by atoms with Gasteiger partial charge in [-0.1, -0.05) is 36.8 Å². The zero-order valence-corrected chi connectivity index (χ0v) is 26.0. The molecular weight excluding hydrogens is 554 g/mol. The van der Waals surface area contributed by atoms with Gasteiger partial charge in [0.05, 0.1) is 24.3 Å². The number of hydrogen-bond donors (Lipinski definition) is 1. The maximum absolute atomic E-state index is 14.1. The van der Waals surface area contributed by atoms with E-state index >= 15 is 0 Å². The lowest BCUT2D eigenvalue weighted by Crippen LogP contribution is -2.52. The van der Waals surface area contributed by atoms with Crippen molar-refractivity contribution in [2.75, 3.05) is 24.6 Å². The number of hydrogen-bond acceptors (Lipinski definition) is 6. The Kier molecular flexibility index (Phi) is 11.4. The molecule has 1 N–H and O–H groups in total. The Balaban J connectivity index is 2.02. The van der Waals surface area contributed by atoms with E-state index in [2.05, 4.69) is 5.32 Å². The van der Waals surface area contributed by atoms with Crippen LogP contribution < -0.4 is 19.1 Å². The number of methoxy groups -OCH3 is 1. The molecule has 0 aliphatic rings. The molecule has 0 spiro atoms. The molecule has 10 heteroatoms. The van der Waals surface area contributed by atoms with Crippen LogP contribution in [0.25, 0.3) is 0 Å². The lowest BCUT2D eigenvalue weighted by molar-refractivity contribution is -0.139. The van der Waals surface area contributed by atoms with E-state index in [-0.39, 0.29) is 23.4 Å². The fraction of sp³-hybridized carbons (Fsp3) is 0.375. The maximum Gasteiger partial charge on any atom is 0.264 e. The van der Waals surface area contributed by atoms with Gasteiger partial charge in [-0.05, 0) is 88.2 Å². The van der Waals surface area contributed by atoms with E-state index in [4.69, 9.17) is 9.47 Å². The number of benzene rings is 3. The minimum Gasteiger partial charge on any atom is -0.497 e. The molecule has 2 amide bonds. The topological polar surface area (TPSA) is 105 Å². The van der Waals surface area contributed by atoms with Crippen LogP contribution >= 0.6 is 0 Å². The Labute approximate surface area is 249 Å². The number of amides is 2. The molecule has 0 saturated carbocycles. The first-order valence-corrected chi connectivity index (χ1v) is 15.5. The van der Waals surface area contributed by atoms with Crippen LogP contribution in [0.5, 0.6) is 11.5 Å². The third-order valence-corrected chi connectivity index (χ3v) is 8.77. The summed E-state index contributed by atoms with van der Waals surface area (Å²) >= 11 is 0. The summed E-state index contributed by atoms with van der Waals surface area (Å²) in [6.45, 7) is 9.25. The van der Waals surface area contributed by atoms with Crippen molar-refractivity contribution in [3.05, 3.63) is 83.9 Å². The lowest BCUT2D eigenvalue weighted by atomic mass is 10.1. The van der Waals surface area contributed by atoms with Crippen LogP contribution in [-0.2, 0) is 26.2 Å². The Morgan fingerprint density at radius 2 is 1.60 bits per heavy atom. The minimum atomic E-state index is -4.17. The van der Waals surface area contributed by atoms with E-state index in [0.717, 1.165) is 21.9 Å². The van der Waals surface area contributed by atoms with Crippen molar-refractivity contribution < 1.29 is 27.5 Å². The van der Waals surface area contributed by atoms with Crippen LogP contribution in [-0.4, -0.2) is 57.5 Å². The zero-order valence-electron chi connectivity index (χ0n) is 25.2. The predicted molar refractivity (Wildman–Crippen MR) is 164 cm³/mol. The molecule has 0 aliphatic heterocycles. The number of ether oxygens (including phenoxy) is 2. The fourth-order valence-corrected chi connectivity index (χ4v) is 5.67. The van der Waals surface area contributed by atoms with Crippen molar-refractivity contribution >= 4 is 27.5 Å². The molecule has 42 heavy (non-hydrogen) atoms. The van der Waals surface area contributed by atoms with Crippen LogP contribution in [0.3, 0.4) is 0 Å². The summed E-state index contributed by atoms with van der Waals surface area (Å²) in [5.74, 6) is 0.299. The smallest absolute Gasteiger partial charge is 0.264 e. The molecule has 0 saturated heterocycles. The number of rotatable bonds is 14. The van der Waals surface area contributed by atoms with Crippen molar-refractivity contribution in [1.29, 1.82) is 0 Å². The number of carbonyl (C=O) groups excluding carboxylic acids is 2. The highest BCUT2D eigenvalue weighted by molar-refractivity contribution is 7.92. The summed E-state index contributed by atoms with van der Waals surface area (Å²) in [4.78, 5) is 28.7. The molecule has 9 nitrogen and oxygen atoms in total. The molecule has 2 atom stereocenters. The lowest BCUT2D eigenvalue weighted by Gasteiger charge is -2.32. The van der Waals surface area contributed by atoms with E-state index in [1.807, 2.05) is 33.8 Å². The van der Waals surface area contributed by atoms with Gasteiger partial charge in [-0.15, -0.1) is 0 Å². The summed E-state index contributed by atoms with van der Waals surface area (Å²) in [7, 11) is -2.62. The summed E-state index contributed by atoms with van der Waals surface area (Å²) in [6, 6.07) is 19.3. The molecular formula is C32H41N3O6S. The predicted octanol–water partition coefficient (Wildman–Crippen LogP) is 4.93. The minimum absolute atomic E-state index is 0.0150. The standard InChI is InChI=1S/C32H41N3O6S/c1-7-24(4)33-32(37)25(5)34(21-26-10-9-11-29(20-26)40-6)31(36)22-35(27-14-12-23(3)13-15-27)42(38,39)30-18-16-28(17-19-30)41-8-2/h9-20,24-25H,7-8,21-22H2,1-6H3,(H,33,37)/t24-,25-/m0/s1. The molecule has 0 aliphatic carbocycles. The molecule has 0 radical (unpaired) electrons. The molecule has 0 bridgehead atoms. The van der Waals surface area contributed by atoms with Gasteiger partial charge in [-0.2, -0.15) is 0 Å². The Morgan fingerprint density at radius 1 is 0.929 bits per heavy atom. The first-order valence-electron chi connectivity index (χ1n) is 14.0. The average Bonchev–Trinajstić information content (AvgIpc) is 2.99. The Bertz CT molecular complexity index is 1440. The van der Waals surface area contributed by atoms with E-state index in [1.165, 1.54) is 17.0 Å². The second kappa shape index (κ2) is 14.7. The highest BCUT2D eigenvalue weighted by atomic mass is 32.2. The second-order valence-electron chi connectivity index (χ2n) is 10.1. The van der Waals surface area contributed by atoms with Gasteiger partial charge in [-0.3, -0.25) is 13.9 Å². The molecule has 3 rings (SSSR count). The molecule has 0 unspecified atom stereocenters. The van der Waals surface area contributed by atoms with E-state index in [1.54, 1.807) is 68.6 Å². The zero-order chi connectivity index (χ0) is 30.9. The SMILES string of the molecule is CCOc1ccc(S(=O)(=O)N(CC(=O)N(Cc2cccc(OC)c2)[C@@H](C)C(=O)N[C@@H](C)CC)c2ccc(C)cc2)cc1. The van der Waals surface area contributed by atoms with Crippen LogP contribution in [0.4, 0.5) is 5.69 Å².